The fraction of sp³-hybridized carbons (Fsp3) is 0.333. The maximum absolute atomic E-state index is 14.5. The fourth-order valence-electron chi connectivity index (χ4n) is 3.58. The molecule has 4 nitrogen and oxygen atoms in total. The summed E-state index contributed by atoms with van der Waals surface area (Å²) < 4.78 is 20.4. The van der Waals surface area contributed by atoms with Gasteiger partial charge in [0.15, 0.2) is 5.82 Å². The van der Waals surface area contributed by atoms with Crippen molar-refractivity contribution in [3.8, 4) is 5.75 Å². The van der Waals surface area contributed by atoms with Crippen LogP contribution in [-0.4, -0.2) is 20.7 Å². The van der Waals surface area contributed by atoms with Crippen molar-refractivity contribution in [2.24, 2.45) is 10.2 Å². The monoisotopic (exact) mass is 473 g/mol. The Kier molecular flexibility index (Phi) is 10.5. The van der Waals surface area contributed by atoms with E-state index in [0.717, 1.165) is 35.6 Å². The second kappa shape index (κ2) is 14.1. The molecule has 0 radical (unpaired) electrons. The molecule has 0 saturated carbocycles. The minimum Gasteiger partial charge on any atom is -0.494 e. The molecule has 3 aromatic rings. The van der Waals surface area contributed by atoms with Crippen LogP contribution in [-0.2, 0) is 0 Å². The quantitative estimate of drug-likeness (QED) is 0.141. The highest BCUT2D eigenvalue weighted by Crippen LogP contribution is 2.25. The van der Waals surface area contributed by atoms with Crippen LogP contribution in [0.3, 0.4) is 0 Å². The van der Waals surface area contributed by atoms with E-state index >= 15 is 0 Å². The van der Waals surface area contributed by atoms with Crippen LogP contribution < -0.4 is 9.64 Å². The summed E-state index contributed by atoms with van der Waals surface area (Å²) in [6, 6.07) is 20.5. The second-order valence-electron chi connectivity index (χ2n) is 8.84. The van der Waals surface area contributed by atoms with Gasteiger partial charge in [0.1, 0.15) is 11.4 Å². The summed E-state index contributed by atoms with van der Waals surface area (Å²) in [5.41, 5.74) is 3.76. The SMILES string of the molecule is CCCCCCCCOc1ccc(/C=C/c2ccc(N=Nc3ccc(N(C)C)cc3)c(F)c2)cc1. The molecule has 0 heterocycles. The maximum Gasteiger partial charge on any atom is 0.151 e. The molecule has 5 heteroatoms. The van der Waals surface area contributed by atoms with E-state index in [-0.39, 0.29) is 5.69 Å². The van der Waals surface area contributed by atoms with Gasteiger partial charge in [0.2, 0.25) is 0 Å². The van der Waals surface area contributed by atoms with Gasteiger partial charge in [0.25, 0.3) is 0 Å². The number of benzene rings is 3. The Labute approximate surface area is 209 Å². The summed E-state index contributed by atoms with van der Waals surface area (Å²) in [5, 5.41) is 8.22. The summed E-state index contributed by atoms with van der Waals surface area (Å²) in [7, 11) is 3.95. The van der Waals surface area contributed by atoms with Gasteiger partial charge in [-0.3, -0.25) is 0 Å². The Hall–Kier alpha value is -3.47. The van der Waals surface area contributed by atoms with Crippen LogP contribution in [0.4, 0.5) is 21.5 Å². The molecule has 3 rings (SSSR count). The van der Waals surface area contributed by atoms with Crippen molar-refractivity contribution in [1.29, 1.82) is 0 Å². The molecule has 0 unspecified atom stereocenters. The summed E-state index contributed by atoms with van der Waals surface area (Å²) >= 11 is 0. The first-order valence-electron chi connectivity index (χ1n) is 12.4. The number of anilines is 1. The lowest BCUT2D eigenvalue weighted by Gasteiger charge is -2.11. The molecule has 0 N–H and O–H groups in total. The highest BCUT2D eigenvalue weighted by Gasteiger charge is 2.02. The van der Waals surface area contributed by atoms with Crippen molar-refractivity contribution in [3.05, 3.63) is 83.7 Å². The Morgan fingerprint density at radius 2 is 1.43 bits per heavy atom. The van der Waals surface area contributed by atoms with E-state index in [1.165, 1.54) is 38.2 Å². The predicted octanol–water partition coefficient (Wildman–Crippen LogP) is 9.22. The minimum absolute atomic E-state index is 0.214. The molecule has 3 aromatic carbocycles. The van der Waals surface area contributed by atoms with Gasteiger partial charge in [-0.15, -0.1) is 5.11 Å². The standard InChI is InChI=1S/C30H36FN3O/c1-4-5-6-7-8-9-22-35-28-19-12-24(13-20-28)10-11-25-14-21-30(29(31)23-25)33-32-26-15-17-27(18-16-26)34(2)3/h10-21,23H,4-9,22H2,1-3H3/b11-10+,33-32?. The highest BCUT2D eigenvalue weighted by atomic mass is 19.1. The normalized spacial score (nSPS) is 11.4. The van der Waals surface area contributed by atoms with Crippen LogP contribution in [0.25, 0.3) is 12.2 Å². The number of unbranched alkanes of at least 4 members (excludes halogenated alkanes) is 5. The number of rotatable bonds is 13. The Bertz CT molecular complexity index is 1090. The van der Waals surface area contributed by atoms with Gasteiger partial charge in [0.05, 0.1) is 12.3 Å². The molecular weight excluding hydrogens is 437 g/mol. The third-order valence-electron chi connectivity index (χ3n) is 5.73. The molecule has 0 aromatic heterocycles. The van der Waals surface area contributed by atoms with E-state index in [4.69, 9.17) is 4.74 Å². The van der Waals surface area contributed by atoms with Gasteiger partial charge < -0.3 is 9.64 Å². The zero-order valence-corrected chi connectivity index (χ0v) is 21.1. The average Bonchev–Trinajstić information content (AvgIpc) is 2.87. The summed E-state index contributed by atoms with van der Waals surface area (Å²) in [6.45, 7) is 2.99. The van der Waals surface area contributed by atoms with E-state index in [0.29, 0.717) is 5.69 Å². The van der Waals surface area contributed by atoms with Gasteiger partial charge >= 0.3 is 0 Å². The molecule has 0 spiro atoms. The topological polar surface area (TPSA) is 37.2 Å². The maximum atomic E-state index is 14.5. The molecular formula is C30H36FN3O. The number of nitrogens with zero attached hydrogens (tertiary/aromatic N) is 3. The van der Waals surface area contributed by atoms with E-state index in [1.54, 1.807) is 6.07 Å². The lowest BCUT2D eigenvalue weighted by molar-refractivity contribution is 0.304. The first kappa shape index (κ1) is 26.1. The van der Waals surface area contributed by atoms with Crippen molar-refractivity contribution in [3.63, 3.8) is 0 Å². The van der Waals surface area contributed by atoms with Crippen LogP contribution in [0.1, 0.15) is 56.6 Å². The zero-order valence-electron chi connectivity index (χ0n) is 21.1. The van der Waals surface area contributed by atoms with E-state index < -0.39 is 5.82 Å². The molecule has 0 aliphatic carbocycles. The number of hydrogen-bond acceptors (Lipinski definition) is 4. The Morgan fingerprint density at radius 3 is 2.11 bits per heavy atom. The lowest BCUT2D eigenvalue weighted by Crippen LogP contribution is -2.07. The summed E-state index contributed by atoms with van der Waals surface area (Å²) in [5.74, 6) is 0.479. The average molecular weight is 474 g/mol. The molecule has 0 aliphatic heterocycles. The van der Waals surface area contributed by atoms with Gasteiger partial charge in [-0.1, -0.05) is 69.4 Å². The largest absolute Gasteiger partial charge is 0.494 e. The van der Waals surface area contributed by atoms with Gasteiger partial charge in [-0.25, -0.2) is 4.39 Å². The van der Waals surface area contributed by atoms with E-state index in [9.17, 15) is 4.39 Å². The molecule has 184 valence electrons. The third-order valence-corrected chi connectivity index (χ3v) is 5.73. The van der Waals surface area contributed by atoms with E-state index in [2.05, 4.69) is 17.2 Å². The number of ether oxygens (including phenoxy) is 1. The predicted molar refractivity (Wildman–Crippen MR) is 146 cm³/mol. The van der Waals surface area contributed by atoms with Gasteiger partial charge in [-0.2, -0.15) is 5.11 Å². The van der Waals surface area contributed by atoms with Crippen LogP contribution in [0, 0.1) is 5.82 Å². The van der Waals surface area contributed by atoms with E-state index in [1.807, 2.05) is 85.7 Å². The third kappa shape index (κ3) is 9.01. The van der Waals surface area contributed by atoms with Crippen molar-refractivity contribution in [1.82, 2.24) is 0 Å². The smallest absolute Gasteiger partial charge is 0.151 e. The van der Waals surface area contributed by atoms with Crippen molar-refractivity contribution < 1.29 is 9.13 Å². The molecule has 0 saturated heterocycles. The molecule has 0 fully saturated rings. The van der Waals surface area contributed by atoms with Crippen LogP contribution in [0.5, 0.6) is 5.75 Å². The van der Waals surface area contributed by atoms with Crippen LogP contribution in [0.2, 0.25) is 0 Å². The Morgan fingerprint density at radius 1 is 0.771 bits per heavy atom. The van der Waals surface area contributed by atoms with Crippen molar-refractivity contribution in [2.75, 3.05) is 25.6 Å². The molecule has 0 atom stereocenters. The minimum atomic E-state index is -0.403. The second-order valence-corrected chi connectivity index (χ2v) is 8.84. The molecule has 0 amide bonds. The van der Waals surface area contributed by atoms with Crippen LogP contribution in [0.15, 0.2) is 77.0 Å². The number of hydrogen-bond donors (Lipinski definition) is 0. The molecule has 0 aliphatic rings. The molecule has 35 heavy (non-hydrogen) atoms. The summed E-state index contributed by atoms with van der Waals surface area (Å²) in [6.07, 6.45) is 11.4. The lowest BCUT2D eigenvalue weighted by atomic mass is 10.1. The first-order chi connectivity index (χ1) is 17.0. The van der Waals surface area contributed by atoms with Crippen molar-refractivity contribution >= 4 is 29.2 Å². The van der Waals surface area contributed by atoms with Gasteiger partial charge in [0, 0.05) is 19.8 Å². The fourth-order valence-corrected chi connectivity index (χ4v) is 3.58. The zero-order chi connectivity index (χ0) is 24.9. The highest BCUT2D eigenvalue weighted by molar-refractivity contribution is 5.70. The van der Waals surface area contributed by atoms with Crippen LogP contribution >= 0.6 is 0 Å². The number of halogens is 1. The van der Waals surface area contributed by atoms with Crippen molar-refractivity contribution in [2.45, 2.75) is 45.4 Å². The van der Waals surface area contributed by atoms with Gasteiger partial charge in [-0.05, 0) is 66.1 Å². The summed E-state index contributed by atoms with van der Waals surface area (Å²) in [4.78, 5) is 2.01. The first-order valence-corrected chi connectivity index (χ1v) is 12.4. The Balaban J connectivity index is 1.49. The molecule has 0 bridgehead atoms. The number of azo groups is 1.